The number of carbonyl (C=O) groups is 1. The molecule has 5 rings (SSSR count). The Bertz CT molecular complexity index is 1260. The Balaban J connectivity index is 1.57. The predicted molar refractivity (Wildman–Crippen MR) is 117 cm³/mol. The van der Waals surface area contributed by atoms with Crippen molar-refractivity contribution in [2.24, 2.45) is 5.10 Å². The van der Waals surface area contributed by atoms with E-state index in [4.69, 9.17) is 16.7 Å². The molecular weight excluding hydrogens is 396 g/mol. The molecule has 0 radical (unpaired) electrons. The Morgan fingerprint density at radius 3 is 2.40 bits per heavy atom. The number of carbonyl (C=O) groups excluding carboxylic acids is 1. The molecule has 0 fully saturated rings. The number of hydrogen-bond donors (Lipinski definition) is 0. The van der Waals surface area contributed by atoms with Crippen molar-refractivity contribution >= 4 is 34.3 Å². The fraction of sp³-hybridized carbons (Fsp3) is 0.0833. The minimum absolute atomic E-state index is 0.165. The molecular formula is C24H17ClN4O. The average molecular weight is 413 g/mol. The molecule has 1 amide bonds. The van der Waals surface area contributed by atoms with Crippen molar-refractivity contribution in [2.45, 2.75) is 12.5 Å². The van der Waals surface area contributed by atoms with Gasteiger partial charge in [0.1, 0.15) is 0 Å². The molecule has 0 saturated heterocycles. The molecule has 1 aromatic heterocycles. The van der Waals surface area contributed by atoms with Gasteiger partial charge in [0.15, 0.2) is 0 Å². The highest BCUT2D eigenvalue weighted by molar-refractivity contribution is 6.30. The molecule has 0 aliphatic carbocycles. The van der Waals surface area contributed by atoms with Crippen LogP contribution in [0.1, 0.15) is 33.9 Å². The summed E-state index contributed by atoms with van der Waals surface area (Å²) in [5.74, 6) is -0.165. The molecule has 1 aliphatic rings. The van der Waals surface area contributed by atoms with Crippen LogP contribution >= 0.6 is 11.6 Å². The number of rotatable bonds is 3. The van der Waals surface area contributed by atoms with Crippen LogP contribution in [0.25, 0.3) is 11.0 Å². The number of aromatic nitrogens is 2. The van der Waals surface area contributed by atoms with Crippen LogP contribution in [-0.2, 0) is 0 Å². The number of nitrogens with zero attached hydrogens (tertiary/aromatic N) is 4. The highest BCUT2D eigenvalue weighted by Gasteiger charge is 2.33. The number of benzene rings is 3. The summed E-state index contributed by atoms with van der Waals surface area (Å²) in [5.41, 5.74) is 5.01. The van der Waals surface area contributed by atoms with E-state index in [1.807, 2.05) is 48.5 Å². The minimum Gasteiger partial charge on any atom is -0.267 e. The molecule has 0 unspecified atom stereocenters. The summed E-state index contributed by atoms with van der Waals surface area (Å²) in [4.78, 5) is 22.1. The van der Waals surface area contributed by atoms with E-state index in [0.717, 1.165) is 27.9 Å². The van der Waals surface area contributed by atoms with Gasteiger partial charge in [0.05, 0.1) is 22.8 Å². The first-order chi connectivity index (χ1) is 14.7. The van der Waals surface area contributed by atoms with E-state index in [0.29, 0.717) is 17.0 Å². The molecule has 0 spiro atoms. The molecule has 4 aromatic rings. The van der Waals surface area contributed by atoms with E-state index in [1.54, 1.807) is 41.7 Å². The quantitative estimate of drug-likeness (QED) is 0.460. The lowest BCUT2D eigenvalue weighted by atomic mass is 9.97. The van der Waals surface area contributed by atoms with Crippen LogP contribution in [0, 0.1) is 0 Å². The third kappa shape index (κ3) is 3.44. The SMILES string of the molecule is O=C(c1ccc(Cl)cc1)N1N=C(c2ccccc2)C[C@H]1c1ccc2nccnc2c1. The summed E-state index contributed by atoms with van der Waals surface area (Å²) < 4.78 is 0. The first-order valence-electron chi connectivity index (χ1n) is 9.62. The fourth-order valence-electron chi connectivity index (χ4n) is 3.67. The smallest absolute Gasteiger partial charge is 0.267 e. The first-order valence-corrected chi connectivity index (χ1v) is 9.99. The summed E-state index contributed by atoms with van der Waals surface area (Å²) in [5, 5.41) is 6.89. The second kappa shape index (κ2) is 7.69. The van der Waals surface area contributed by atoms with Gasteiger partial charge < -0.3 is 0 Å². The third-order valence-corrected chi connectivity index (χ3v) is 5.45. The molecule has 146 valence electrons. The Morgan fingerprint density at radius 1 is 0.900 bits per heavy atom. The lowest BCUT2D eigenvalue weighted by Crippen LogP contribution is -2.27. The van der Waals surface area contributed by atoms with Crippen LogP contribution in [0.3, 0.4) is 0 Å². The van der Waals surface area contributed by atoms with Gasteiger partial charge >= 0.3 is 0 Å². The molecule has 0 saturated carbocycles. The Hall–Kier alpha value is -3.57. The van der Waals surface area contributed by atoms with Crippen molar-refractivity contribution in [1.82, 2.24) is 15.0 Å². The topological polar surface area (TPSA) is 58.5 Å². The van der Waals surface area contributed by atoms with Crippen LogP contribution in [0.5, 0.6) is 0 Å². The minimum atomic E-state index is -0.227. The molecule has 0 N–H and O–H groups in total. The van der Waals surface area contributed by atoms with Crippen LogP contribution in [0.15, 0.2) is 90.3 Å². The van der Waals surface area contributed by atoms with Crippen LogP contribution < -0.4 is 0 Å². The Morgan fingerprint density at radius 2 is 1.63 bits per heavy atom. The van der Waals surface area contributed by atoms with Gasteiger partial charge in [-0.1, -0.05) is 48.0 Å². The number of hydrogen-bond acceptors (Lipinski definition) is 4. The van der Waals surface area contributed by atoms with E-state index >= 15 is 0 Å². The second-order valence-electron chi connectivity index (χ2n) is 7.09. The van der Waals surface area contributed by atoms with Crippen molar-refractivity contribution < 1.29 is 4.79 Å². The van der Waals surface area contributed by atoms with E-state index in [9.17, 15) is 4.79 Å². The summed E-state index contributed by atoms with van der Waals surface area (Å²) in [7, 11) is 0. The normalized spacial score (nSPS) is 16.0. The standard InChI is InChI=1S/C24H17ClN4O/c25-19-9-6-17(7-10-19)24(30)29-23(15-21(28-29)16-4-2-1-3-5-16)18-8-11-20-22(14-18)27-13-12-26-20/h1-14,23H,15H2/t23-/m0/s1. The molecule has 1 aliphatic heterocycles. The lowest BCUT2D eigenvalue weighted by Gasteiger charge is -2.22. The van der Waals surface area contributed by atoms with Crippen molar-refractivity contribution in [3.63, 3.8) is 0 Å². The molecule has 2 heterocycles. The number of fused-ring (bicyclic) bond motifs is 1. The fourth-order valence-corrected chi connectivity index (χ4v) is 3.80. The summed E-state index contributed by atoms with van der Waals surface area (Å²) in [6.45, 7) is 0. The molecule has 6 heteroatoms. The zero-order valence-electron chi connectivity index (χ0n) is 15.9. The Labute approximate surface area is 178 Å². The summed E-state index contributed by atoms with van der Waals surface area (Å²) >= 11 is 5.99. The van der Waals surface area contributed by atoms with Gasteiger partial charge in [-0.15, -0.1) is 0 Å². The molecule has 0 bridgehead atoms. The maximum absolute atomic E-state index is 13.3. The van der Waals surface area contributed by atoms with Crippen molar-refractivity contribution in [1.29, 1.82) is 0 Å². The highest BCUT2D eigenvalue weighted by Crippen LogP contribution is 2.35. The van der Waals surface area contributed by atoms with Crippen molar-refractivity contribution in [2.75, 3.05) is 0 Å². The van der Waals surface area contributed by atoms with E-state index in [1.165, 1.54) is 0 Å². The zero-order chi connectivity index (χ0) is 20.5. The second-order valence-corrected chi connectivity index (χ2v) is 7.53. The zero-order valence-corrected chi connectivity index (χ0v) is 16.7. The number of halogens is 1. The van der Waals surface area contributed by atoms with Crippen LogP contribution in [-0.4, -0.2) is 26.6 Å². The van der Waals surface area contributed by atoms with Gasteiger partial charge in [0.25, 0.3) is 5.91 Å². The molecule has 1 atom stereocenters. The maximum atomic E-state index is 13.3. The number of hydrazone groups is 1. The first kappa shape index (κ1) is 18.5. The van der Waals surface area contributed by atoms with Gasteiger partial charge in [-0.2, -0.15) is 5.10 Å². The highest BCUT2D eigenvalue weighted by atomic mass is 35.5. The van der Waals surface area contributed by atoms with Crippen molar-refractivity contribution in [3.05, 3.63) is 107 Å². The lowest BCUT2D eigenvalue weighted by molar-refractivity contribution is 0.0711. The average Bonchev–Trinajstić information content (AvgIpc) is 3.25. The van der Waals surface area contributed by atoms with Crippen LogP contribution in [0.2, 0.25) is 5.02 Å². The van der Waals surface area contributed by atoms with Crippen LogP contribution in [0.4, 0.5) is 0 Å². The van der Waals surface area contributed by atoms with Gasteiger partial charge in [0.2, 0.25) is 0 Å². The molecule has 5 nitrogen and oxygen atoms in total. The Kier molecular flexibility index (Phi) is 4.73. The van der Waals surface area contributed by atoms with Crippen molar-refractivity contribution in [3.8, 4) is 0 Å². The summed E-state index contributed by atoms with van der Waals surface area (Å²) in [6.07, 6.45) is 3.96. The maximum Gasteiger partial charge on any atom is 0.274 e. The van der Waals surface area contributed by atoms with E-state index in [-0.39, 0.29) is 11.9 Å². The largest absolute Gasteiger partial charge is 0.274 e. The molecule has 30 heavy (non-hydrogen) atoms. The number of amides is 1. The van der Waals surface area contributed by atoms with Gasteiger partial charge in [-0.25, -0.2) is 5.01 Å². The van der Waals surface area contributed by atoms with Gasteiger partial charge in [0, 0.05) is 29.4 Å². The third-order valence-electron chi connectivity index (χ3n) is 5.19. The summed E-state index contributed by atoms with van der Waals surface area (Å²) in [6, 6.07) is 22.5. The van der Waals surface area contributed by atoms with Gasteiger partial charge in [-0.05, 0) is 47.5 Å². The molecule has 3 aromatic carbocycles. The van der Waals surface area contributed by atoms with E-state index < -0.39 is 0 Å². The predicted octanol–water partition coefficient (Wildman–Crippen LogP) is 5.27. The monoisotopic (exact) mass is 412 g/mol. The van der Waals surface area contributed by atoms with E-state index in [2.05, 4.69) is 9.97 Å². The van der Waals surface area contributed by atoms with Gasteiger partial charge in [-0.3, -0.25) is 14.8 Å².